The molecule has 0 aromatic heterocycles. The van der Waals surface area contributed by atoms with Crippen LogP contribution in [-0.4, -0.2) is 5.91 Å². The lowest BCUT2D eigenvalue weighted by atomic mass is 9.95. The lowest BCUT2D eigenvalue weighted by Gasteiger charge is -2.13. The second-order valence-corrected chi connectivity index (χ2v) is 6.67. The van der Waals surface area contributed by atoms with Crippen LogP contribution in [0.15, 0.2) is 60.7 Å². The Morgan fingerprint density at radius 1 is 0.680 bits per heavy atom. The van der Waals surface area contributed by atoms with Crippen LogP contribution in [-0.2, 0) is 0 Å². The summed E-state index contributed by atoms with van der Waals surface area (Å²) in [6, 6.07) is 20.2. The quantitative estimate of drug-likeness (QED) is 0.642. The minimum Gasteiger partial charge on any atom is -0.322 e. The van der Waals surface area contributed by atoms with Crippen molar-refractivity contribution in [1.29, 1.82) is 0 Å². The maximum absolute atomic E-state index is 12.4. The molecule has 0 heterocycles. The predicted octanol–water partition coefficient (Wildman–Crippen LogP) is 5.84. The zero-order chi connectivity index (χ0) is 18.0. The van der Waals surface area contributed by atoms with Gasteiger partial charge in [-0.05, 0) is 74.2 Å². The molecule has 2 heteroatoms. The molecule has 3 aromatic rings. The molecule has 0 spiro atoms. The molecule has 0 saturated carbocycles. The molecular formula is C23H23NO. The SMILES string of the molecule is Cc1ccc(C(=O)Nc2ccc(-c3ccc(C)cc3C)c(C)c2)cc1. The predicted molar refractivity (Wildman–Crippen MR) is 105 cm³/mol. The Morgan fingerprint density at radius 2 is 1.24 bits per heavy atom. The molecule has 0 saturated heterocycles. The van der Waals surface area contributed by atoms with Crippen LogP contribution in [0, 0.1) is 27.7 Å². The average Bonchev–Trinajstić information content (AvgIpc) is 2.56. The highest BCUT2D eigenvalue weighted by molar-refractivity contribution is 6.04. The summed E-state index contributed by atoms with van der Waals surface area (Å²) in [5.74, 6) is -0.0846. The molecule has 126 valence electrons. The topological polar surface area (TPSA) is 29.1 Å². The largest absolute Gasteiger partial charge is 0.322 e. The molecule has 3 aromatic carbocycles. The molecule has 0 fully saturated rings. The van der Waals surface area contributed by atoms with Crippen LogP contribution in [0.1, 0.15) is 32.6 Å². The van der Waals surface area contributed by atoms with Crippen molar-refractivity contribution in [1.82, 2.24) is 0 Å². The van der Waals surface area contributed by atoms with Crippen molar-refractivity contribution in [2.75, 3.05) is 5.32 Å². The van der Waals surface area contributed by atoms with E-state index < -0.39 is 0 Å². The van der Waals surface area contributed by atoms with E-state index >= 15 is 0 Å². The monoisotopic (exact) mass is 329 g/mol. The Bertz CT molecular complexity index is 923. The third-order valence-electron chi connectivity index (χ3n) is 4.47. The fourth-order valence-electron chi connectivity index (χ4n) is 3.07. The number of carbonyl (C=O) groups excluding carboxylic acids is 1. The van der Waals surface area contributed by atoms with Gasteiger partial charge in [0.1, 0.15) is 0 Å². The van der Waals surface area contributed by atoms with Gasteiger partial charge in [0.2, 0.25) is 0 Å². The smallest absolute Gasteiger partial charge is 0.255 e. The number of aryl methyl sites for hydroxylation is 4. The minimum atomic E-state index is -0.0846. The summed E-state index contributed by atoms with van der Waals surface area (Å²) in [5, 5.41) is 2.98. The van der Waals surface area contributed by atoms with Gasteiger partial charge >= 0.3 is 0 Å². The maximum atomic E-state index is 12.4. The van der Waals surface area contributed by atoms with E-state index in [-0.39, 0.29) is 5.91 Å². The first kappa shape index (κ1) is 17.0. The highest BCUT2D eigenvalue weighted by atomic mass is 16.1. The Morgan fingerprint density at radius 3 is 1.84 bits per heavy atom. The van der Waals surface area contributed by atoms with Gasteiger partial charge in [0, 0.05) is 11.3 Å². The molecule has 3 rings (SSSR count). The van der Waals surface area contributed by atoms with Crippen molar-refractivity contribution in [3.05, 3.63) is 88.5 Å². The molecule has 0 unspecified atom stereocenters. The van der Waals surface area contributed by atoms with Crippen molar-refractivity contribution >= 4 is 11.6 Å². The Labute approximate surface area is 149 Å². The van der Waals surface area contributed by atoms with E-state index in [0.29, 0.717) is 5.56 Å². The zero-order valence-electron chi connectivity index (χ0n) is 15.2. The number of rotatable bonds is 3. The van der Waals surface area contributed by atoms with Gasteiger partial charge in [0.15, 0.2) is 0 Å². The van der Waals surface area contributed by atoms with Crippen LogP contribution in [0.25, 0.3) is 11.1 Å². The molecule has 1 N–H and O–H groups in total. The Balaban J connectivity index is 1.84. The van der Waals surface area contributed by atoms with E-state index in [0.717, 1.165) is 16.8 Å². The summed E-state index contributed by atoms with van der Waals surface area (Å²) in [7, 11) is 0. The molecule has 0 bridgehead atoms. The summed E-state index contributed by atoms with van der Waals surface area (Å²) in [5.41, 5.74) is 8.74. The van der Waals surface area contributed by atoms with Gasteiger partial charge in [0.25, 0.3) is 5.91 Å². The first-order chi connectivity index (χ1) is 11.9. The highest BCUT2D eigenvalue weighted by Crippen LogP contribution is 2.29. The molecule has 0 aliphatic carbocycles. The van der Waals surface area contributed by atoms with Crippen LogP contribution in [0.3, 0.4) is 0 Å². The molecule has 0 radical (unpaired) electrons. The van der Waals surface area contributed by atoms with Gasteiger partial charge in [-0.25, -0.2) is 0 Å². The summed E-state index contributed by atoms with van der Waals surface area (Å²) < 4.78 is 0. The van der Waals surface area contributed by atoms with Crippen LogP contribution in [0.5, 0.6) is 0 Å². The van der Waals surface area contributed by atoms with Gasteiger partial charge in [-0.1, -0.05) is 47.5 Å². The average molecular weight is 329 g/mol. The lowest BCUT2D eigenvalue weighted by molar-refractivity contribution is 0.102. The van der Waals surface area contributed by atoms with Crippen LogP contribution in [0.4, 0.5) is 5.69 Å². The fourth-order valence-corrected chi connectivity index (χ4v) is 3.07. The standard InChI is InChI=1S/C23H23NO/c1-15-5-8-19(9-6-15)23(25)24-20-10-12-22(18(4)14-20)21-11-7-16(2)13-17(21)3/h5-14H,1-4H3,(H,24,25). The van der Waals surface area contributed by atoms with E-state index in [1.165, 1.54) is 22.3 Å². The Kier molecular flexibility index (Phi) is 4.71. The van der Waals surface area contributed by atoms with E-state index in [4.69, 9.17) is 0 Å². The molecule has 0 aliphatic heterocycles. The molecule has 1 amide bonds. The van der Waals surface area contributed by atoms with Crippen molar-refractivity contribution in [2.45, 2.75) is 27.7 Å². The van der Waals surface area contributed by atoms with Crippen molar-refractivity contribution in [3.63, 3.8) is 0 Å². The van der Waals surface area contributed by atoms with E-state index in [9.17, 15) is 4.79 Å². The van der Waals surface area contributed by atoms with Gasteiger partial charge in [-0.3, -0.25) is 4.79 Å². The number of anilines is 1. The summed E-state index contributed by atoms with van der Waals surface area (Å²) in [6.07, 6.45) is 0. The first-order valence-electron chi connectivity index (χ1n) is 8.50. The third kappa shape index (κ3) is 3.80. The number of amides is 1. The van der Waals surface area contributed by atoms with Gasteiger partial charge in [-0.2, -0.15) is 0 Å². The number of nitrogens with one attached hydrogen (secondary N) is 1. The molecule has 0 atom stereocenters. The molecule has 0 aliphatic rings. The normalized spacial score (nSPS) is 10.6. The third-order valence-corrected chi connectivity index (χ3v) is 4.47. The molecular weight excluding hydrogens is 306 g/mol. The second-order valence-electron chi connectivity index (χ2n) is 6.67. The van der Waals surface area contributed by atoms with Crippen molar-refractivity contribution in [2.24, 2.45) is 0 Å². The number of hydrogen-bond acceptors (Lipinski definition) is 1. The summed E-state index contributed by atoms with van der Waals surface area (Å²) in [6.45, 7) is 8.33. The number of benzene rings is 3. The number of hydrogen-bond donors (Lipinski definition) is 1. The van der Waals surface area contributed by atoms with Crippen LogP contribution < -0.4 is 5.32 Å². The molecule has 25 heavy (non-hydrogen) atoms. The zero-order valence-corrected chi connectivity index (χ0v) is 15.2. The maximum Gasteiger partial charge on any atom is 0.255 e. The van der Waals surface area contributed by atoms with E-state index in [1.54, 1.807) is 0 Å². The fraction of sp³-hybridized carbons (Fsp3) is 0.174. The van der Waals surface area contributed by atoms with Crippen LogP contribution in [0.2, 0.25) is 0 Å². The minimum absolute atomic E-state index is 0.0846. The lowest BCUT2D eigenvalue weighted by Crippen LogP contribution is -2.11. The summed E-state index contributed by atoms with van der Waals surface area (Å²) in [4.78, 5) is 12.4. The van der Waals surface area contributed by atoms with E-state index in [1.807, 2.05) is 43.3 Å². The van der Waals surface area contributed by atoms with E-state index in [2.05, 4.69) is 50.4 Å². The van der Waals surface area contributed by atoms with Gasteiger partial charge in [0.05, 0.1) is 0 Å². The second kappa shape index (κ2) is 6.94. The summed E-state index contributed by atoms with van der Waals surface area (Å²) >= 11 is 0. The van der Waals surface area contributed by atoms with Crippen molar-refractivity contribution < 1.29 is 4.79 Å². The van der Waals surface area contributed by atoms with Gasteiger partial charge in [-0.15, -0.1) is 0 Å². The van der Waals surface area contributed by atoms with Crippen molar-refractivity contribution in [3.8, 4) is 11.1 Å². The Hall–Kier alpha value is -2.87. The molecule has 2 nitrogen and oxygen atoms in total. The van der Waals surface area contributed by atoms with Crippen LogP contribution >= 0.6 is 0 Å². The highest BCUT2D eigenvalue weighted by Gasteiger charge is 2.09. The number of carbonyl (C=O) groups is 1. The van der Waals surface area contributed by atoms with Gasteiger partial charge < -0.3 is 5.32 Å². The first-order valence-corrected chi connectivity index (χ1v) is 8.50.